The van der Waals surface area contributed by atoms with Crippen molar-refractivity contribution in [1.29, 1.82) is 5.26 Å². The number of thioether (sulfide) groups is 1. The van der Waals surface area contributed by atoms with E-state index in [1.54, 1.807) is 0 Å². The molecule has 0 saturated heterocycles. The van der Waals surface area contributed by atoms with Crippen LogP contribution >= 0.6 is 11.8 Å². The Morgan fingerprint density at radius 1 is 1.30 bits per heavy atom. The molecule has 0 aliphatic carbocycles. The van der Waals surface area contributed by atoms with Crippen molar-refractivity contribution in [2.45, 2.75) is 57.4 Å². The second-order valence-electron chi connectivity index (χ2n) is 5.49. The van der Waals surface area contributed by atoms with Gasteiger partial charge in [0.25, 0.3) is 0 Å². The topological polar surface area (TPSA) is 35.8 Å². The van der Waals surface area contributed by atoms with Crippen LogP contribution in [-0.2, 0) is 5.75 Å². The third kappa shape index (κ3) is 5.98. The van der Waals surface area contributed by atoms with Crippen LogP contribution in [0.4, 0.5) is 0 Å². The summed E-state index contributed by atoms with van der Waals surface area (Å²) < 4.78 is 0. The Kier molecular flexibility index (Phi) is 7.72. The van der Waals surface area contributed by atoms with E-state index < -0.39 is 0 Å². The second kappa shape index (κ2) is 9.05. The van der Waals surface area contributed by atoms with Gasteiger partial charge in [-0.2, -0.15) is 17.0 Å². The predicted molar refractivity (Wildman–Crippen MR) is 88.7 cm³/mol. The Labute approximate surface area is 128 Å². The fourth-order valence-corrected chi connectivity index (χ4v) is 3.23. The van der Waals surface area contributed by atoms with Crippen molar-refractivity contribution in [3.05, 3.63) is 35.9 Å². The summed E-state index contributed by atoms with van der Waals surface area (Å²) >= 11 is 1.95. The summed E-state index contributed by atoms with van der Waals surface area (Å²) in [5, 5.41) is 12.9. The molecule has 1 aromatic rings. The Bertz CT molecular complexity index is 411. The first-order chi connectivity index (χ1) is 9.62. The highest BCUT2D eigenvalue weighted by Crippen LogP contribution is 2.20. The van der Waals surface area contributed by atoms with Gasteiger partial charge in [-0.3, -0.25) is 5.32 Å². The van der Waals surface area contributed by atoms with E-state index in [-0.39, 0.29) is 5.54 Å². The van der Waals surface area contributed by atoms with Crippen LogP contribution in [0, 0.1) is 11.3 Å². The lowest BCUT2D eigenvalue weighted by molar-refractivity contribution is 0.341. The Balaban J connectivity index is 2.29. The predicted octanol–water partition coefficient (Wildman–Crippen LogP) is 4.37. The summed E-state index contributed by atoms with van der Waals surface area (Å²) in [5.74, 6) is 2.17. The minimum Gasteiger partial charge on any atom is -0.297 e. The van der Waals surface area contributed by atoms with Gasteiger partial charge in [0.2, 0.25) is 0 Å². The SMILES string of the molecule is CCC(C#N)(CCCSCc1ccccc1)NC(C)C. The molecular weight excluding hydrogens is 264 g/mol. The molecule has 0 fully saturated rings. The fraction of sp³-hybridized carbons (Fsp3) is 0.588. The number of benzene rings is 1. The van der Waals surface area contributed by atoms with E-state index in [4.69, 9.17) is 0 Å². The van der Waals surface area contributed by atoms with Gasteiger partial charge in [0.05, 0.1) is 6.07 Å². The average Bonchev–Trinajstić information content (AvgIpc) is 2.46. The van der Waals surface area contributed by atoms with E-state index in [1.807, 2.05) is 17.8 Å². The highest BCUT2D eigenvalue weighted by atomic mass is 32.2. The van der Waals surface area contributed by atoms with Gasteiger partial charge in [-0.25, -0.2) is 0 Å². The number of hydrogen-bond acceptors (Lipinski definition) is 3. The maximum atomic E-state index is 9.44. The average molecular weight is 290 g/mol. The zero-order valence-electron chi connectivity index (χ0n) is 12.9. The molecule has 1 aromatic carbocycles. The number of hydrogen-bond donors (Lipinski definition) is 1. The lowest BCUT2D eigenvalue weighted by atomic mass is 9.91. The van der Waals surface area contributed by atoms with Gasteiger partial charge in [-0.15, -0.1) is 0 Å². The molecule has 0 aromatic heterocycles. The van der Waals surface area contributed by atoms with E-state index in [2.05, 4.69) is 56.4 Å². The normalized spacial score (nSPS) is 13.9. The van der Waals surface area contributed by atoms with Crippen molar-refractivity contribution in [3.8, 4) is 6.07 Å². The molecule has 1 rings (SSSR count). The fourth-order valence-electron chi connectivity index (χ4n) is 2.31. The first-order valence-corrected chi connectivity index (χ1v) is 8.58. The first kappa shape index (κ1) is 17.1. The Hall–Kier alpha value is -0.980. The maximum absolute atomic E-state index is 9.44. The minimum atomic E-state index is -0.346. The molecule has 0 heterocycles. The van der Waals surface area contributed by atoms with E-state index in [9.17, 15) is 5.26 Å². The van der Waals surface area contributed by atoms with Gasteiger partial charge in [0.1, 0.15) is 5.54 Å². The molecule has 0 bridgehead atoms. The molecule has 2 nitrogen and oxygen atoms in total. The van der Waals surface area contributed by atoms with Crippen molar-refractivity contribution >= 4 is 11.8 Å². The molecule has 20 heavy (non-hydrogen) atoms. The molecule has 3 heteroatoms. The summed E-state index contributed by atoms with van der Waals surface area (Å²) in [6.07, 6.45) is 2.88. The van der Waals surface area contributed by atoms with Gasteiger partial charge < -0.3 is 0 Å². The van der Waals surface area contributed by atoms with Crippen LogP contribution in [0.25, 0.3) is 0 Å². The summed E-state index contributed by atoms with van der Waals surface area (Å²) in [6.45, 7) is 6.30. The second-order valence-corrected chi connectivity index (χ2v) is 6.59. The number of nitrogens with one attached hydrogen (secondary N) is 1. The number of nitriles is 1. The Morgan fingerprint density at radius 3 is 2.55 bits per heavy atom. The van der Waals surface area contributed by atoms with Gasteiger partial charge in [-0.1, -0.05) is 37.3 Å². The van der Waals surface area contributed by atoms with Gasteiger partial charge in [0, 0.05) is 11.8 Å². The van der Waals surface area contributed by atoms with Crippen molar-refractivity contribution in [2.24, 2.45) is 0 Å². The van der Waals surface area contributed by atoms with Gasteiger partial charge >= 0.3 is 0 Å². The number of nitrogens with zero attached hydrogens (tertiary/aromatic N) is 1. The maximum Gasteiger partial charge on any atom is 0.106 e. The molecule has 1 unspecified atom stereocenters. The molecule has 0 amide bonds. The van der Waals surface area contributed by atoms with Gasteiger partial charge in [-0.05, 0) is 44.4 Å². The van der Waals surface area contributed by atoms with E-state index in [1.165, 1.54) is 5.56 Å². The molecule has 0 radical (unpaired) electrons. The van der Waals surface area contributed by atoms with Crippen LogP contribution in [0.3, 0.4) is 0 Å². The Morgan fingerprint density at radius 2 is 2.00 bits per heavy atom. The number of rotatable bonds is 9. The van der Waals surface area contributed by atoms with Crippen LogP contribution in [0.5, 0.6) is 0 Å². The quantitative estimate of drug-likeness (QED) is 0.686. The molecular formula is C17H26N2S. The van der Waals surface area contributed by atoms with E-state index >= 15 is 0 Å². The molecule has 1 atom stereocenters. The van der Waals surface area contributed by atoms with Crippen molar-refractivity contribution in [1.82, 2.24) is 5.32 Å². The molecule has 1 N–H and O–H groups in total. The molecule has 0 aliphatic rings. The largest absolute Gasteiger partial charge is 0.297 e. The smallest absolute Gasteiger partial charge is 0.106 e. The third-order valence-corrected chi connectivity index (χ3v) is 4.50. The molecule has 0 spiro atoms. The zero-order chi connectivity index (χ0) is 14.8. The van der Waals surface area contributed by atoms with Crippen molar-refractivity contribution in [2.75, 3.05) is 5.75 Å². The van der Waals surface area contributed by atoms with Crippen LogP contribution in [0.1, 0.15) is 45.6 Å². The van der Waals surface area contributed by atoms with Crippen LogP contribution in [0.2, 0.25) is 0 Å². The third-order valence-electron chi connectivity index (χ3n) is 3.39. The van der Waals surface area contributed by atoms with Crippen LogP contribution < -0.4 is 5.32 Å². The standard InChI is InChI=1S/C17H26N2S/c1-4-17(14-18,19-15(2)3)11-8-12-20-13-16-9-6-5-7-10-16/h5-7,9-10,15,19H,4,8,11-13H2,1-3H3. The van der Waals surface area contributed by atoms with Gasteiger partial charge in [0.15, 0.2) is 0 Å². The van der Waals surface area contributed by atoms with Crippen LogP contribution in [0.15, 0.2) is 30.3 Å². The highest BCUT2D eigenvalue weighted by molar-refractivity contribution is 7.98. The summed E-state index contributed by atoms with van der Waals surface area (Å²) in [7, 11) is 0. The first-order valence-electron chi connectivity index (χ1n) is 7.42. The summed E-state index contributed by atoms with van der Waals surface area (Å²) in [6, 6.07) is 13.4. The lowest BCUT2D eigenvalue weighted by Crippen LogP contribution is -2.47. The molecule has 0 aliphatic heterocycles. The molecule has 0 saturated carbocycles. The lowest BCUT2D eigenvalue weighted by Gasteiger charge is -2.29. The molecule has 110 valence electrons. The zero-order valence-corrected chi connectivity index (χ0v) is 13.7. The summed E-state index contributed by atoms with van der Waals surface area (Å²) in [5.41, 5.74) is 1.03. The van der Waals surface area contributed by atoms with E-state index in [0.717, 1.165) is 30.8 Å². The van der Waals surface area contributed by atoms with Crippen molar-refractivity contribution in [3.63, 3.8) is 0 Å². The summed E-state index contributed by atoms with van der Waals surface area (Å²) in [4.78, 5) is 0. The van der Waals surface area contributed by atoms with Crippen LogP contribution in [-0.4, -0.2) is 17.3 Å². The monoisotopic (exact) mass is 290 g/mol. The van der Waals surface area contributed by atoms with E-state index in [0.29, 0.717) is 6.04 Å². The van der Waals surface area contributed by atoms with Crippen molar-refractivity contribution < 1.29 is 0 Å². The minimum absolute atomic E-state index is 0.346. The highest BCUT2D eigenvalue weighted by Gasteiger charge is 2.27.